The van der Waals surface area contributed by atoms with Gasteiger partial charge < -0.3 is 4.90 Å². The lowest BCUT2D eigenvalue weighted by molar-refractivity contribution is 0.0785. The van der Waals surface area contributed by atoms with E-state index in [2.05, 4.69) is 40.1 Å². The van der Waals surface area contributed by atoms with Crippen LogP contribution in [0.2, 0.25) is 0 Å². The molecule has 2 nitrogen and oxygen atoms in total. The van der Waals surface area contributed by atoms with Gasteiger partial charge in [-0.05, 0) is 37.8 Å². The Morgan fingerprint density at radius 2 is 1.57 bits per heavy atom. The molecule has 3 rings (SSSR count). The Balaban J connectivity index is 1.34. The number of piperazine rings is 1. The maximum Gasteiger partial charge on any atom is 0.0113 e. The van der Waals surface area contributed by atoms with Crippen molar-refractivity contribution in [3.8, 4) is 0 Å². The first-order valence-corrected chi connectivity index (χ1v) is 8.92. The zero-order chi connectivity index (χ0) is 14.3. The summed E-state index contributed by atoms with van der Waals surface area (Å²) < 4.78 is 0. The summed E-state index contributed by atoms with van der Waals surface area (Å²) in [5.74, 6) is 0. The van der Waals surface area contributed by atoms with Crippen molar-refractivity contribution in [3.63, 3.8) is 0 Å². The molecule has 1 saturated carbocycles. The minimum atomic E-state index is 0.908. The highest BCUT2D eigenvalue weighted by molar-refractivity contribution is 5.14. The third kappa shape index (κ3) is 4.55. The monoisotopic (exact) mass is 286 g/mol. The number of hydrogen-bond acceptors (Lipinski definition) is 2. The van der Waals surface area contributed by atoms with Crippen LogP contribution in [0.4, 0.5) is 0 Å². The summed E-state index contributed by atoms with van der Waals surface area (Å²) in [7, 11) is 0. The molecule has 1 aliphatic heterocycles. The molecule has 0 unspecified atom stereocenters. The van der Waals surface area contributed by atoms with Crippen LogP contribution in [0.3, 0.4) is 0 Å². The van der Waals surface area contributed by atoms with Gasteiger partial charge in [-0.25, -0.2) is 0 Å². The number of benzene rings is 1. The van der Waals surface area contributed by atoms with Crippen LogP contribution in [-0.4, -0.2) is 48.6 Å². The summed E-state index contributed by atoms with van der Waals surface area (Å²) in [4.78, 5) is 5.44. The molecule has 0 atom stereocenters. The van der Waals surface area contributed by atoms with Crippen LogP contribution in [-0.2, 0) is 6.42 Å². The maximum absolute atomic E-state index is 2.77. The number of aryl methyl sites for hydroxylation is 1. The molecular weight excluding hydrogens is 256 g/mol. The molecule has 1 heterocycles. The third-order valence-electron chi connectivity index (χ3n) is 5.28. The summed E-state index contributed by atoms with van der Waals surface area (Å²) >= 11 is 0. The molecule has 1 saturated heterocycles. The van der Waals surface area contributed by atoms with E-state index in [0.717, 1.165) is 6.04 Å². The van der Waals surface area contributed by atoms with Gasteiger partial charge in [0.1, 0.15) is 0 Å². The number of nitrogens with zero attached hydrogens (tertiary/aromatic N) is 2. The fourth-order valence-electron chi connectivity index (χ4n) is 3.95. The largest absolute Gasteiger partial charge is 0.301 e. The fraction of sp³-hybridized carbons (Fsp3) is 0.684. The standard InChI is InChI=1S/C19H30N2/c1-3-8-18(9-4-1)10-7-13-20-14-16-21(17-15-20)19-11-5-2-6-12-19/h1,3-4,8-9,19H,2,5-7,10-17H2. The van der Waals surface area contributed by atoms with Crippen molar-refractivity contribution in [1.29, 1.82) is 0 Å². The summed E-state index contributed by atoms with van der Waals surface area (Å²) in [6.07, 6.45) is 9.82. The molecule has 116 valence electrons. The molecule has 0 amide bonds. The second-order valence-corrected chi connectivity index (χ2v) is 6.76. The van der Waals surface area contributed by atoms with Crippen LogP contribution in [0.5, 0.6) is 0 Å². The minimum absolute atomic E-state index is 0.908. The average Bonchev–Trinajstić information content (AvgIpc) is 2.57. The molecular formula is C19H30N2. The second kappa shape index (κ2) is 7.95. The van der Waals surface area contributed by atoms with E-state index in [4.69, 9.17) is 0 Å². The molecule has 0 spiro atoms. The van der Waals surface area contributed by atoms with Crippen LogP contribution < -0.4 is 0 Å². The van der Waals surface area contributed by atoms with Crippen molar-refractivity contribution in [1.82, 2.24) is 9.80 Å². The predicted molar refractivity (Wildman–Crippen MR) is 89.6 cm³/mol. The first kappa shape index (κ1) is 15.1. The molecule has 2 heteroatoms. The molecule has 2 aliphatic rings. The highest BCUT2D eigenvalue weighted by atomic mass is 15.3. The molecule has 1 aliphatic carbocycles. The van der Waals surface area contributed by atoms with Gasteiger partial charge in [-0.2, -0.15) is 0 Å². The first-order chi connectivity index (χ1) is 10.4. The number of hydrogen-bond donors (Lipinski definition) is 0. The Morgan fingerprint density at radius 3 is 2.29 bits per heavy atom. The quantitative estimate of drug-likeness (QED) is 0.816. The number of rotatable bonds is 5. The molecule has 1 aromatic carbocycles. The molecule has 0 radical (unpaired) electrons. The fourth-order valence-corrected chi connectivity index (χ4v) is 3.95. The third-order valence-corrected chi connectivity index (χ3v) is 5.28. The van der Waals surface area contributed by atoms with Crippen LogP contribution >= 0.6 is 0 Å². The van der Waals surface area contributed by atoms with Gasteiger partial charge in [0, 0.05) is 32.2 Å². The lowest BCUT2D eigenvalue weighted by Gasteiger charge is -2.40. The highest BCUT2D eigenvalue weighted by Gasteiger charge is 2.24. The zero-order valence-corrected chi connectivity index (χ0v) is 13.3. The summed E-state index contributed by atoms with van der Waals surface area (Å²) in [5.41, 5.74) is 1.48. The van der Waals surface area contributed by atoms with Crippen molar-refractivity contribution in [3.05, 3.63) is 35.9 Å². The molecule has 2 fully saturated rings. The Kier molecular flexibility index (Phi) is 5.70. The normalized spacial score (nSPS) is 22.5. The van der Waals surface area contributed by atoms with Crippen molar-refractivity contribution >= 4 is 0 Å². The van der Waals surface area contributed by atoms with E-state index in [0.29, 0.717) is 0 Å². The summed E-state index contributed by atoms with van der Waals surface area (Å²) in [6.45, 7) is 6.44. The topological polar surface area (TPSA) is 6.48 Å². The van der Waals surface area contributed by atoms with E-state index in [9.17, 15) is 0 Å². The zero-order valence-electron chi connectivity index (χ0n) is 13.3. The van der Waals surface area contributed by atoms with Gasteiger partial charge in [0.15, 0.2) is 0 Å². The lowest BCUT2D eigenvalue weighted by atomic mass is 9.94. The van der Waals surface area contributed by atoms with E-state index in [1.165, 1.54) is 83.2 Å². The highest BCUT2D eigenvalue weighted by Crippen LogP contribution is 2.23. The van der Waals surface area contributed by atoms with E-state index >= 15 is 0 Å². The van der Waals surface area contributed by atoms with Gasteiger partial charge in [0.2, 0.25) is 0 Å². The maximum atomic E-state index is 2.77. The van der Waals surface area contributed by atoms with E-state index in [-0.39, 0.29) is 0 Å². The molecule has 0 N–H and O–H groups in total. The van der Waals surface area contributed by atoms with Gasteiger partial charge in [0.25, 0.3) is 0 Å². The summed E-state index contributed by atoms with van der Waals surface area (Å²) in [6, 6.07) is 11.8. The van der Waals surface area contributed by atoms with Gasteiger partial charge in [-0.15, -0.1) is 0 Å². The van der Waals surface area contributed by atoms with Gasteiger partial charge >= 0.3 is 0 Å². The van der Waals surface area contributed by atoms with Crippen molar-refractivity contribution in [2.24, 2.45) is 0 Å². The van der Waals surface area contributed by atoms with Gasteiger partial charge in [-0.3, -0.25) is 4.90 Å². The smallest absolute Gasteiger partial charge is 0.0113 e. The van der Waals surface area contributed by atoms with Crippen LogP contribution in [0, 0.1) is 0 Å². The average molecular weight is 286 g/mol. The van der Waals surface area contributed by atoms with E-state index in [1.54, 1.807) is 0 Å². The SMILES string of the molecule is c1ccc(CCCN2CCN(C3CCCCC3)CC2)cc1. The van der Waals surface area contributed by atoms with Crippen LogP contribution in [0.25, 0.3) is 0 Å². The Morgan fingerprint density at radius 1 is 0.857 bits per heavy atom. The van der Waals surface area contributed by atoms with Crippen LogP contribution in [0.15, 0.2) is 30.3 Å². The first-order valence-electron chi connectivity index (χ1n) is 8.92. The molecule has 21 heavy (non-hydrogen) atoms. The van der Waals surface area contributed by atoms with Crippen molar-refractivity contribution < 1.29 is 0 Å². The minimum Gasteiger partial charge on any atom is -0.301 e. The Labute approximate surface area is 130 Å². The molecule has 1 aromatic rings. The van der Waals surface area contributed by atoms with Crippen molar-refractivity contribution in [2.75, 3.05) is 32.7 Å². The van der Waals surface area contributed by atoms with Gasteiger partial charge in [-0.1, -0.05) is 49.6 Å². The van der Waals surface area contributed by atoms with Crippen molar-refractivity contribution in [2.45, 2.75) is 51.0 Å². The van der Waals surface area contributed by atoms with Crippen LogP contribution in [0.1, 0.15) is 44.1 Å². The van der Waals surface area contributed by atoms with Gasteiger partial charge in [0.05, 0.1) is 0 Å². The van der Waals surface area contributed by atoms with E-state index in [1.807, 2.05) is 0 Å². The molecule has 0 aromatic heterocycles. The molecule has 0 bridgehead atoms. The second-order valence-electron chi connectivity index (χ2n) is 6.76. The predicted octanol–water partition coefficient (Wildman–Crippen LogP) is 3.57. The van der Waals surface area contributed by atoms with E-state index < -0.39 is 0 Å². The Bertz CT molecular complexity index is 389. The summed E-state index contributed by atoms with van der Waals surface area (Å²) in [5, 5.41) is 0. The Hall–Kier alpha value is -0.860. The lowest BCUT2D eigenvalue weighted by Crippen LogP contribution is -2.50.